The number of nitrogens with one attached hydrogen (secondary N) is 1. The maximum atomic E-state index is 13.0. The minimum Gasteiger partial charge on any atom is -0.322 e. The molecule has 0 aliphatic rings. The molecule has 0 aliphatic heterocycles. The second kappa shape index (κ2) is 7.40. The van der Waals surface area contributed by atoms with Gasteiger partial charge < -0.3 is 5.32 Å². The Balaban J connectivity index is 1.71. The average molecular weight is 434 g/mol. The Morgan fingerprint density at radius 1 is 1.00 bits per heavy atom. The minimum absolute atomic E-state index is 0.139. The van der Waals surface area contributed by atoms with E-state index >= 15 is 0 Å². The molecule has 3 aromatic carbocycles. The molecule has 5 nitrogen and oxygen atoms in total. The third kappa shape index (κ3) is 3.46. The molecule has 138 valence electrons. The second-order valence-electron chi connectivity index (χ2n) is 6.33. The van der Waals surface area contributed by atoms with Gasteiger partial charge >= 0.3 is 0 Å². The van der Waals surface area contributed by atoms with Gasteiger partial charge in [-0.2, -0.15) is 0 Å². The van der Waals surface area contributed by atoms with Crippen molar-refractivity contribution < 1.29 is 4.79 Å². The zero-order valence-electron chi connectivity index (χ0n) is 15.0. The highest BCUT2D eigenvalue weighted by Gasteiger charge is 2.11. The number of hydrogen-bond acceptors (Lipinski definition) is 3. The van der Waals surface area contributed by atoms with E-state index in [1.165, 1.54) is 0 Å². The topological polar surface area (TPSA) is 64.0 Å². The fraction of sp³-hybridized carbons (Fsp3) is 0.0455. The Labute approximate surface area is 169 Å². The van der Waals surface area contributed by atoms with Gasteiger partial charge in [0.25, 0.3) is 11.5 Å². The zero-order valence-corrected chi connectivity index (χ0v) is 16.6. The Hall–Kier alpha value is -3.25. The number of nitrogens with zero attached hydrogens (tertiary/aromatic N) is 2. The van der Waals surface area contributed by atoms with Gasteiger partial charge in [0.15, 0.2) is 0 Å². The molecule has 0 bridgehead atoms. The molecule has 0 spiro atoms. The van der Waals surface area contributed by atoms with E-state index < -0.39 is 0 Å². The van der Waals surface area contributed by atoms with Gasteiger partial charge in [-0.15, -0.1) is 0 Å². The van der Waals surface area contributed by atoms with Crippen LogP contribution in [-0.2, 0) is 0 Å². The van der Waals surface area contributed by atoms with Crippen LogP contribution >= 0.6 is 15.9 Å². The highest BCUT2D eigenvalue weighted by Crippen LogP contribution is 2.18. The molecule has 28 heavy (non-hydrogen) atoms. The van der Waals surface area contributed by atoms with Crippen LogP contribution in [-0.4, -0.2) is 15.5 Å². The lowest BCUT2D eigenvalue weighted by Crippen LogP contribution is -2.22. The van der Waals surface area contributed by atoms with Crippen molar-refractivity contribution in [3.05, 3.63) is 99.0 Å². The normalized spacial score (nSPS) is 10.8. The van der Waals surface area contributed by atoms with Gasteiger partial charge in [0.05, 0.1) is 16.6 Å². The lowest BCUT2D eigenvalue weighted by molar-refractivity contribution is 0.102. The Morgan fingerprint density at radius 3 is 2.54 bits per heavy atom. The van der Waals surface area contributed by atoms with E-state index in [1.807, 2.05) is 36.4 Å². The highest BCUT2D eigenvalue weighted by molar-refractivity contribution is 9.10. The summed E-state index contributed by atoms with van der Waals surface area (Å²) in [7, 11) is 0. The van der Waals surface area contributed by atoms with Crippen molar-refractivity contribution >= 4 is 38.4 Å². The molecule has 0 atom stereocenters. The summed E-state index contributed by atoms with van der Waals surface area (Å²) in [5.74, 6) is 0.366. The maximum absolute atomic E-state index is 13.0. The number of anilines is 1. The summed E-state index contributed by atoms with van der Waals surface area (Å²) in [5.41, 5.74) is 2.33. The van der Waals surface area contributed by atoms with Crippen LogP contribution in [0, 0.1) is 6.92 Å². The van der Waals surface area contributed by atoms with E-state index in [-0.39, 0.29) is 11.5 Å². The van der Waals surface area contributed by atoms with Gasteiger partial charge in [-0.3, -0.25) is 14.2 Å². The average Bonchev–Trinajstić information content (AvgIpc) is 2.69. The molecule has 4 aromatic rings. The molecule has 0 saturated heterocycles. The number of benzene rings is 3. The quantitative estimate of drug-likeness (QED) is 0.508. The largest absolute Gasteiger partial charge is 0.322 e. The van der Waals surface area contributed by atoms with Crippen LogP contribution in [0.2, 0.25) is 0 Å². The summed E-state index contributed by atoms with van der Waals surface area (Å²) in [6.45, 7) is 1.79. The van der Waals surface area contributed by atoms with Crippen LogP contribution < -0.4 is 10.9 Å². The molecule has 0 radical (unpaired) electrons. The fourth-order valence-corrected chi connectivity index (χ4v) is 3.34. The van der Waals surface area contributed by atoms with Gasteiger partial charge in [0.2, 0.25) is 0 Å². The van der Waals surface area contributed by atoms with Crippen molar-refractivity contribution in [1.29, 1.82) is 0 Å². The first-order valence-corrected chi connectivity index (χ1v) is 9.48. The zero-order chi connectivity index (χ0) is 19.7. The third-order valence-corrected chi connectivity index (χ3v) is 4.94. The maximum Gasteiger partial charge on any atom is 0.265 e. The lowest BCUT2D eigenvalue weighted by atomic mass is 10.2. The van der Waals surface area contributed by atoms with Crippen LogP contribution in [0.4, 0.5) is 5.69 Å². The van der Waals surface area contributed by atoms with Crippen molar-refractivity contribution in [2.24, 2.45) is 0 Å². The molecule has 1 heterocycles. The number of aromatic nitrogens is 2. The fourth-order valence-electron chi connectivity index (χ4n) is 3.08. The van der Waals surface area contributed by atoms with Gasteiger partial charge in [-0.05, 0) is 61.5 Å². The summed E-state index contributed by atoms with van der Waals surface area (Å²) in [4.78, 5) is 30.0. The van der Waals surface area contributed by atoms with E-state index in [0.29, 0.717) is 33.7 Å². The molecule has 1 N–H and O–H groups in total. The van der Waals surface area contributed by atoms with Crippen LogP contribution in [0.5, 0.6) is 0 Å². The Kier molecular flexibility index (Phi) is 4.79. The number of carbonyl (C=O) groups is 1. The smallest absolute Gasteiger partial charge is 0.265 e. The molecule has 0 unspecified atom stereocenters. The molecule has 0 aliphatic carbocycles. The molecule has 4 rings (SSSR count). The van der Waals surface area contributed by atoms with Crippen molar-refractivity contribution in [2.75, 3.05) is 5.32 Å². The summed E-state index contributed by atoms with van der Waals surface area (Å²) < 4.78 is 2.46. The summed E-state index contributed by atoms with van der Waals surface area (Å²) in [6, 6.07) is 21.5. The first-order chi connectivity index (χ1) is 13.5. The van der Waals surface area contributed by atoms with E-state index in [4.69, 9.17) is 0 Å². The monoisotopic (exact) mass is 433 g/mol. The van der Waals surface area contributed by atoms with Crippen LogP contribution in [0.1, 0.15) is 16.2 Å². The summed E-state index contributed by atoms with van der Waals surface area (Å²) in [6.07, 6.45) is 0. The number of rotatable bonds is 3. The van der Waals surface area contributed by atoms with Gasteiger partial charge in [0.1, 0.15) is 5.82 Å². The summed E-state index contributed by atoms with van der Waals surface area (Å²) >= 11 is 3.36. The second-order valence-corrected chi connectivity index (χ2v) is 7.24. The predicted molar refractivity (Wildman–Crippen MR) is 114 cm³/mol. The van der Waals surface area contributed by atoms with Crippen molar-refractivity contribution in [1.82, 2.24) is 9.55 Å². The summed E-state index contributed by atoms with van der Waals surface area (Å²) in [5, 5.41) is 3.43. The molecule has 6 heteroatoms. The number of fused-ring (bicyclic) bond motifs is 1. The van der Waals surface area contributed by atoms with Crippen LogP contribution in [0.15, 0.2) is 82.1 Å². The molecular formula is C22H16BrN3O2. The number of halogens is 1. The number of hydrogen-bond donors (Lipinski definition) is 1. The number of para-hydroxylation sites is 1. The first-order valence-electron chi connectivity index (χ1n) is 8.69. The van der Waals surface area contributed by atoms with Crippen molar-refractivity contribution in [3.8, 4) is 5.69 Å². The van der Waals surface area contributed by atoms with Gasteiger partial charge in [0, 0.05) is 15.7 Å². The first kappa shape index (κ1) is 18.1. The van der Waals surface area contributed by atoms with Crippen LogP contribution in [0.3, 0.4) is 0 Å². The van der Waals surface area contributed by atoms with E-state index in [0.717, 1.165) is 4.47 Å². The molecule has 1 aromatic heterocycles. The third-order valence-electron chi connectivity index (χ3n) is 4.41. The van der Waals surface area contributed by atoms with E-state index in [2.05, 4.69) is 26.2 Å². The van der Waals surface area contributed by atoms with Gasteiger partial charge in [-0.1, -0.05) is 34.1 Å². The highest BCUT2D eigenvalue weighted by atomic mass is 79.9. The molecule has 0 saturated carbocycles. The van der Waals surface area contributed by atoms with Crippen molar-refractivity contribution in [3.63, 3.8) is 0 Å². The number of carbonyl (C=O) groups excluding carboxylic acids is 1. The molecular weight excluding hydrogens is 418 g/mol. The Morgan fingerprint density at radius 2 is 1.75 bits per heavy atom. The predicted octanol–water partition coefficient (Wildman–Crippen LogP) is 4.71. The standard InChI is InChI=1S/C22H16BrN3O2/c1-14-24-20-8-3-2-7-19(20)22(28)26(14)18-6-4-5-17(13-18)25-21(27)15-9-11-16(23)12-10-15/h2-13H,1H3,(H,25,27). The van der Waals surface area contributed by atoms with E-state index in [1.54, 1.807) is 47.9 Å². The number of amides is 1. The molecule has 0 fully saturated rings. The van der Waals surface area contributed by atoms with E-state index in [9.17, 15) is 9.59 Å². The lowest BCUT2D eigenvalue weighted by Gasteiger charge is -2.12. The number of aryl methyl sites for hydroxylation is 1. The Bertz CT molecular complexity index is 1250. The van der Waals surface area contributed by atoms with Crippen LogP contribution in [0.25, 0.3) is 16.6 Å². The van der Waals surface area contributed by atoms with Gasteiger partial charge in [-0.25, -0.2) is 4.98 Å². The molecule has 1 amide bonds. The minimum atomic E-state index is -0.217. The van der Waals surface area contributed by atoms with Crippen molar-refractivity contribution in [2.45, 2.75) is 6.92 Å². The SMILES string of the molecule is Cc1nc2ccccc2c(=O)n1-c1cccc(NC(=O)c2ccc(Br)cc2)c1.